The lowest BCUT2D eigenvalue weighted by atomic mass is 10.2. The number of hydrogen-bond donors (Lipinski definition) is 1. The Morgan fingerprint density at radius 3 is 3.08 bits per heavy atom. The van der Waals surface area contributed by atoms with E-state index < -0.39 is 0 Å². The molecule has 0 N–H and O–H groups in total. The first-order valence-corrected chi connectivity index (χ1v) is 5.46. The first-order chi connectivity index (χ1) is 5.79. The minimum atomic E-state index is 0.0622. The smallest absolute Gasteiger partial charge is 0.182 e. The van der Waals surface area contributed by atoms with Crippen LogP contribution < -0.4 is 0 Å². The van der Waals surface area contributed by atoms with Crippen molar-refractivity contribution in [2.75, 3.05) is 0 Å². The number of Topliss-reactive ketones (excluding diaryl/α,β-unsaturated/α-hetero) is 1. The van der Waals surface area contributed by atoms with Gasteiger partial charge < -0.3 is 0 Å². The lowest BCUT2D eigenvalue weighted by Crippen LogP contribution is -2.01. The van der Waals surface area contributed by atoms with E-state index in [1.807, 2.05) is 13.0 Å². The Kier molecular flexibility index (Phi) is 3.62. The zero-order chi connectivity index (χ0) is 8.97. The van der Waals surface area contributed by atoms with Gasteiger partial charge in [0.05, 0.1) is 0 Å². The van der Waals surface area contributed by atoms with Crippen LogP contribution in [0.25, 0.3) is 0 Å². The average molecular weight is 199 g/mol. The quantitative estimate of drug-likeness (QED) is 0.461. The lowest BCUT2D eigenvalue weighted by Gasteiger charge is -2.01. The molecule has 4 heteroatoms. The van der Waals surface area contributed by atoms with E-state index >= 15 is 0 Å². The molecule has 12 heavy (non-hydrogen) atoms. The van der Waals surface area contributed by atoms with E-state index in [-0.39, 0.29) is 5.78 Å². The maximum atomic E-state index is 11.3. The van der Waals surface area contributed by atoms with Gasteiger partial charge in [-0.1, -0.05) is 17.7 Å². The Labute approximate surface area is 80.6 Å². The Morgan fingerprint density at radius 1 is 1.75 bits per heavy atom. The minimum Gasteiger partial charge on any atom is -0.292 e. The number of rotatable bonds is 3. The van der Waals surface area contributed by atoms with E-state index in [1.165, 1.54) is 10.8 Å². The molecule has 0 atom stereocenters. The van der Waals surface area contributed by atoms with Crippen molar-refractivity contribution in [3.63, 3.8) is 0 Å². The maximum Gasteiger partial charge on any atom is 0.182 e. The summed E-state index contributed by atoms with van der Waals surface area (Å²) in [6.45, 7) is 1.82. The monoisotopic (exact) mass is 199 g/mol. The summed E-state index contributed by atoms with van der Waals surface area (Å²) in [5.74, 6) is 0.0622. The molecule has 1 aromatic heterocycles. The third-order valence-electron chi connectivity index (χ3n) is 1.45. The molecule has 0 aromatic carbocycles. The Bertz CT molecular complexity index is 288. The topological polar surface area (TPSA) is 30.0 Å². The number of ketones is 1. The number of hydrogen-bond acceptors (Lipinski definition) is 4. The van der Waals surface area contributed by atoms with E-state index in [1.54, 1.807) is 12.3 Å². The Morgan fingerprint density at radius 2 is 2.50 bits per heavy atom. The van der Waals surface area contributed by atoms with Gasteiger partial charge in [0.2, 0.25) is 0 Å². The van der Waals surface area contributed by atoms with Gasteiger partial charge in [-0.3, -0.25) is 9.78 Å². The summed E-state index contributed by atoms with van der Waals surface area (Å²) in [7, 11) is 1.25. The second-order valence-corrected chi connectivity index (χ2v) is 3.39. The van der Waals surface area contributed by atoms with Crippen LogP contribution in [0.1, 0.15) is 23.8 Å². The minimum absolute atomic E-state index is 0.0622. The molecule has 0 saturated heterocycles. The summed E-state index contributed by atoms with van der Waals surface area (Å²) < 4.78 is 0. The van der Waals surface area contributed by atoms with Gasteiger partial charge in [-0.05, 0) is 12.1 Å². The van der Waals surface area contributed by atoms with Crippen molar-refractivity contribution in [3.05, 3.63) is 24.0 Å². The van der Waals surface area contributed by atoms with E-state index in [9.17, 15) is 4.79 Å². The second-order valence-electron chi connectivity index (χ2n) is 2.22. The SMILES string of the molecule is CCC(=O)c1ncccc1SS. The first kappa shape index (κ1) is 9.61. The fourth-order valence-corrected chi connectivity index (χ4v) is 1.68. The molecule has 0 spiro atoms. The summed E-state index contributed by atoms with van der Waals surface area (Å²) in [5.41, 5.74) is 0.528. The van der Waals surface area contributed by atoms with Gasteiger partial charge >= 0.3 is 0 Å². The highest BCUT2D eigenvalue weighted by atomic mass is 33.1. The number of carbonyl (C=O) groups is 1. The number of thiol groups is 1. The van der Waals surface area contributed by atoms with Gasteiger partial charge in [0.25, 0.3) is 0 Å². The highest BCUT2D eigenvalue weighted by Crippen LogP contribution is 2.24. The Hall–Kier alpha value is -0.480. The summed E-state index contributed by atoms with van der Waals surface area (Å²) in [6.07, 6.45) is 2.11. The maximum absolute atomic E-state index is 11.3. The molecule has 0 radical (unpaired) electrons. The summed E-state index contributed by atoms with van der Waals surface area (Å²) in [6, 6.07) is 3.64. The van der Waals surface area contributed by atoms with Crippen LogP contribution in [0.2, 0.25) is 0 Å². The first-order valence-electron chi connectivity index (χ1n) is 3.59. The summed E-state index contributed by atoms with van der Waals surface area (Å²) in [5, 5.41) is 0. The molecule has 0 aliphatic carbocycles. The molecule has 0 unspecified atom stereocenters. The molecule has 0 amide bonds. The predicted octanol–water partition coefficient (Wildman–Crippen LogP) is 2.61. The van der Waals surface area contributed by atoms with Crippen molar-refractivity contribution in [1.29, 1.82) is 0 Å². The largest absolute Gasteiger partial charge is 0.292 e. The zero-order valence-electron chi connectivity index (χ0n) is 6.65. The van der Waals surface area contributed by atoms with Gasteiger partial charge in [0.15, 0.2) is 5.78 Å². The van der Waals surface area contributed by atoms with Crippen LogP contribution in [0.4, 0.5) is 0 Å². The summed E-state index contributed by atoms with van der Waals surface area (Å²) in [4.78, 5) is 16.1. The number of aromatic nitrogens is 1. The van der Waals surface area contributed by atoms with Gasteiger partial charge in [-0.25, -0.2) is 0 Å². The van der Waals surface area contributed by atoms with Crippen molar-refractivity contribution in [3.8, 4) is 0 Å². The van der Waals surface area contributed by atoms with Crippen molar-refractivity contribution in [2.24, 2.45) is 0 Å². The van der Waals surface area contributed by atoms with Gasteiger partial charge in [-0.2, -0.15) is 0 Å². The molecule has 2 nitrogen and oxygen atoms in total. The molecule has 1 aromatic rings. The summed E-state index contributed by atoms with van der Waals surface area (Å²) >= 11 is 4.04. The number of pyridine rings is 1. The highest BCUT2D eigenvalue weighted by molar-refractivity contribution is 8.68. The molecule has 64 valence electrons. The number of carbonyl (C=O) groups excluding carboxylic acids is 1. The molecule has 0 saturated carbocycles. The molecular formula is C8H9NOS2. The van der Waals surface area contributed by atoms with Gasteiger partial charge in [0.1, 0.15) is 5.69 Å². The normalized spacial score (nSPS) is 9.83. The van der Waals surface area contributed by atoms with E-state index in [2.05, 4.69) is 16.6 Å². The Balaban J connectivity index is 3.04. The van der Waals surface area contributed by atoms with Crippen molar-refractivity contribution < 1.29 is 4.79 Å². The van der Waals surface area contributed by atoms with Crippen LogP contribution in [0.3, 0.4) is 0 Å². The molecular weight excluding hydrogens is 190 g/mol. The predicted molar refractivity (Wildman–Crippen MR) is 53.7 cm³/mol. The van der Waals surface area contributed by atoms with Crippen LogP contribution in [0, 0.1) is 0 Å². The van der Waals surface area contributed by atoms with Gasteiger partial charge in [-0.15, -0.1) is 11.7 Å². The molecule has 1 heterocycles. The van der Waals surface area contributed by atoms with Crippen molar-refractivity contribution in [1.82, 2.24) is 4.98 Å². The third-order valence-corrected chi connectivity index (χ3v) is 2.57. The molecule has 0 fully saturated rings. The fraction of sp³-hybridized carbons (Fsp3) is 0.250. The third kappa shape index (κ3) is 2.01. The van der Waals surface area contributed by atoms with Crippen LogP contribution >= 0.6 is 22.5 Å². The lowest BCUT2D eigenvalue weighted by molar-refractivity contribution is 0.0980. The molecule has 0 aliphatic heterocycles. The second kappa shape index (κ2) is 4.52. The highest BCUT2D eigenvalue weighted by Gasteiger charge is 2.09. The van der Waals surface area contributed by atoms with Crippen molar-refractivity contribution in [2.45, 2.75) is 18.2 Å². The van der Waals surface area contributed by atoms with E-state index in [0.717, 1.165) is 4.90 Å². The van der Waals surface area contributed by atoms with Crippen LogP contribution in [0.15, 0.2) is 23.2 Å². The van der Waals surface area contributed by atoms with Crippen LogP contribution in [-0.2, 0) is 0 Å². The zero-order valence-corrected chi connectivity index (χ0v) is 8.36. The van der Waals surface area contributed by atoms with Gasteiger partial charge in [0, 0.05) is 17.5 Å². The molecule has 1 rings (SSSR count). The van der Waals surface area contributed by atoms with E-state index in [4.69, 9.17) is 0 Å². The molecule has 0 bridgehead atoms. The standard InChI is InChI=1S/C8H9NOS2/c1-2-6(10)8-7(12-11)4-3-5-9-8/h3-5,11H,2H2,1H3. The van der Waals surface area contributed by atoms with E-state index in [0.29, 0.717) is 12.1 Å². The van der Waals surface area contributed by atoms with Crippen LogP contribution in [-0.4, -0.2) is 10.8 Å². The number of nitrogens with zero attached hydrogens (tertiary/aromatic N) is 1. The van der Waals surface area contributed by atoms with Crippen LogP contribution in [0.5, 0.6) is 0 Å². The average Bonchev–Trinajstić information content (AvgIpc) is 2.16. The van der Waals surface area contributed by atoms with Crippen molar-refractivity contribution >= 4 is 28.2 Å². The fourth-order valence-electron chi connectivity index (χ4n) is 0.841. The molecule has 0 aliphatic rings.